The minimum absolute atomic E-state index is 0.353. The van der Waals surface area contributed by atoms with Crippen molar-refractivity contribution in [2.24, 2.45) is 24.8 Å². The zero-order valence-electron chi connectivity index (χ0n) is 11.3. The normalized spacial score (nSPS) is 41.3. The quantitative estimate of drug-likeness (QED) is 0.871. The molecule has 1 N–H and O–H groups in total. The van der Waals surface area contributed by atoms with Gasteiger partial charge in [0, 0.05) is 19.5 Å². The number of hydrogen-bond acceptors (Lipinski definition) is 3. The summed E-state index contributed by atoms with van der Waals surface area (Å²) in [5.74, 6) is 5.04. The van der Waals surface area contributed by atoms with Crippen molar-refractivity contribution in [2.45, 2.75) is 43.9 Å². The van der Waals surface area contributed by atoms with E-state index >= 15 is 0 Å². The van der Waals surface area contributed by atoms with Crippen LogP contribution < -0.4 is 5.32 Å². The van der Waals surface area contributed by atoms with Crippen molar-refractivity contribution in [3.8, 4) is 0 Å². The minimum Gasteiger partial charge on any atom is -0.357 e. The van der Waals surface area contributed by atoms with Crippen LogP contribution in [0, 0.1) is 17.8 Å². The van der Waals surface area contributed by atoms with Gasteiger partial charge in [-0.1, -0.05) is 0 Å². The van der Waals surface area contributed by atoms with E-state index in [1.807, 2.05) is 7.05 Å². The fourth-order valence-corrected chi connectivity index (χ4v) is 5.39. The van der Waals surface area contributed by atoms with Crippen molar-refractivity contribution in [1.29, 1.82) is 0 Å². The molecule has 0 saturated heterocycles. The van der Waals surface area contributed by atoms with Crippen LogP contribution in [0.4, 0.5) is 5.95 Å². The van der Waals surface area contributed by atoms with Gasteiger partial charge in [0.2, 0.25) is 5.95 Å². The summed E-state index contributed by atoms with van der Waals surface area (Å²) in [5.41, 5.74) is 0.353. The Morgan fingerprint density at radius 1 is 1.06 bits per heavy atom. The van der Waals surface area contributed by atoms with Crippen molar-refractivity contribution in [3.05, 3.63) is 5.82 Å². The summed E-state index contributed by atoms with van der Waals surface area (Å²) in [5, 5.41) is 12.0. The van der Waals surface area contributed by atoms with E-state index in [1.165, 1.54) is 44.3 Å². The maximum absolute atomic E-state index is 4.53. The summed E-state index contributed by atoms with van der Waals surface area (Å²) in [6.45, 7) is 0. The SMILES string of the molecule is CNc1nnc(C23CC4CC(CC(C4)C2)C3)n1C. The third-order valence-electron chi connectivity index (χ3n) is 5.61. The fourth-order valence-electron chi connectivity index (χ4n) is 5.39. The van der Waals surface area contributed by atoms with E-state index in [-0.39, 0.29) is 0 Å². The molecule has 4 aliphatic carbocycles. The summed E-state index contributed by atoms with van der Waals surface area (Å²) in [6.07, 6.45) is 8.51. The highest BCUT2D eigenvalue weighted by Crippen LogP contribution is 2.60. The van der Waals surface area contributed by atoms with Gasteiger partial charge in [0.15, 0.2) is 0 Å². The number of rotatable bonds is 2. The lowest BCUT2D eigenvalue weighted by Crippen LogP contribution is -2.49. The Hall–Kier alpha value is -1.06. The summed E-state index contributed by atoms with van der Waals surface area (Å²) in [4.78, 5) is 0. The summed E-state index contributed by atoms with van der Waals surface area (Å²) in [6, 6.07) is 0. The van der Waals surface area contributed by atoms with E-state index < -0.39 is 0 Å². The van der Waals surface area contributed by atoms with Crippen LogP contribution in [0.25, 0.3) is 0 Å². The van der Waals surface area contributed by atoms with Crippen molar-refractivity contribution < 1.29 is 0 Å². The van der Waals surface area contributed by atoms with E-state index in [0.717, 1.165) is 23.7 Å². The summed E-state index contributed by atoms with van der Waals surface area (Å²) >= 11 is 0. The highest BCUT2D eigenvalue weighted by molar-refractivity contribution is 5.28. The first-order valence-electron chi connectivity index (χ1n) is 7.28. The van der Waals surface area contributed by atoms with E-state index in [4.69, 9.17) is 0 Å². The van der Waals surface area contributed by atoms with E-state index in [0.29, 0.717) is 5.41 Å². The Morgan fingerprint density at radius 3 is 2.06 bits per heavy atom. The predicted octanol–water partition coefficient (Wildman–Crippen LogP) is 2.32. The predicted molar refractivity (Wildman–Crippen MR) is 70.4 cm³/mol. The zero-order valence-corrected chi connectivity index (χ0v) is 11.3. The van der Waals surface area contributed by atoms with Gasteiger partial charge < -0.3 is 9.88 Å². The molecule has 98 valence electrons. The third-order valence-corrected chi connectivity index (χ3v) is 5.61. The number of nitrogens with zero attached hydrogens (tertiary/aromatic N) is 3. The Morgan fingerprint density at radius 2 is 1.61 bits per heavy atom. The van der Waals surface area contributed by atoms with Crippen LogP contribution in [0.3, 0.4) is 0 Å². The van der Waals surface area contributed by atoms with Crippen LogP contribution in [0.15, 0.2) is 0 Å². The van der Waals surface area contributed by atoms with Crippen molar-refractivity contribution in [2.75, 3.05) is 12.4 Å². The molecule has 1 heterocycles. The Labute approximate surface area is 108 Å². The maximum Gasteiger partial charge on any atom is 0.224 e. The topological polar surface area (TPSA) is 42.7 Å². The number of hydrogen-bond donors (Lipinski definition) is 1. The van der Waals surface area contributed by atoms with E-state index in [1.54, 1.807) is 0 Å². The van der Waals surface area contributed by atoms with Crippen molar-refractivity contribution in [1.82, 2.24) is 14.8 Å². The lowest BCUT2D eigenvalue weighted by molar-refractivity contribution is -0.0107. The molecular formula is C14H22N4. The van der Waals surface area contributed by atoms with Crippen molar-refractivity contribution in [3.63, 3.8) is 0 Å². The Bertz CT molecular complexity index is 441. The first kappa shape index (κ1) is 10.8. The molecule has 4 aliphatic rings. The smallest absolute Gasteiger partial charge is 0.224 e. The van der Waals surface area contributed by atoms with Crippen LogP contribution >= 0.6 is 0 Å². The first-order valence-corrected chi connectivity index (χ1v) is 7.28. The first-order chi connectivity index (χ1) is 8.70. The molecule has 0 amide bonds. The van der Waals surface area contributed by atoms with Gasteiger partial charge in [0.05, 0.1) is 0 Å². The van der Waals surface area contributed by atoms with Crippen molar-refractivity contribution >= 4 is 5.95 Å². The molecule has 0 aliphatic heterocycles. The van der Waals surface area contributed by atoms with E-state index in [9.17, 15) is 0 Å². The van der Waals surface area contributed by atoms with Crippen LogP contribution in [0.2, 0.25) is 0 Å². The van der Waals surface area contributed by atoms with Gasteiger partial charge >= 0.3 is 0 Å². The van der Waals surface area contributed by atoms with Gasteiger partial charge in [-0.3, -0.25) is 0 Å². The monoisotopic (exact) mass is 246 g/mol. The molecule has 0 spiro atoms. The maximum atomic E-state index is 4.53. The molecular weight excluding hydrogens is 224 g/mol. The number of anilines is 1. The average Bonchev–Trinajstić information content (AvgIpc) is 2.69. The van der Waals surface area contributed by atoms with Crippen LogP contribution in [0.1, 0.15) is 44.3 Å². The molecule has 4 fully saturated rings. The van der Waals surface area contributed by atoms with Gasteiger partial charge in [-0.2, -0.15) is 0 Å². The summed E-state index contributed by atoms with van der Waals surface area (Å²) in [7, 11) is 4.03. The lowest BCUT2D eigenvalue weighted by atomic mass is 9.49. The van der Waals surface area contributed by atoms with Crippen LogP contribution in [0.5, 0.6) is 0 Å². The molecule has 4 nitrogen and oxygen atoms in total. The molecule has 18 heavy (non-hydrogen) atoms. The number of aromatic nitrogens is 3. The standard InChI is InChI=1S/C14H22N4/c1-15-13-17-16-12(18(13)2)14-6-9-3-10(7-14)5-11(4-9)8-14/h9-11H,3-8H2,1-2H3,(H,15,17). The van der Waals surface area contributed by atoms with Gasteiger partial charge in [0.25, 0.3) is 0 Å². The second kappa shape index (κ2) is 3.49. The average molecular weight is 246 g/mol. The van der Waals surface area contributed by atoms with Gasteiger partial charge in [-0.25, -0.2) is 0 Å². The molecule has 0 atom stereocenters. The molecule has 4 heteroatoms. The van der Waals surface area contributed by atoms with Gasteiger partial charge in [-0.05, 0) is 56.3 Å². The van der Waals surface area contributed by atoms with Gasteiger partial charge in [-0.15, -0.1) is 10.2 Å². The Balaban J connectivity index is 1.76. The fraction of sp³-hybridized carbons (Fsp3) is 0.857. The molecule has 0 radical (unpaired) electrons. The molecule has 5 rings (SSSR count). The molecule has 1 aromatic rings. The molecule has 4 saturated carbocycles. The second-order valence-electron chi connectivity index (χ2n) is 6.85. The van der Waals surface area contributed by atoms with Crippen LogP contribution in [-0.4, -0.2) is 21.8 Å². The highest BCUT2D eigenvalue weighted by Gasteiger charge is 2.53. The van der Waals surface area contributed by atoms with Gasteiger partial charge in [0.1, 0.15) is 5.82 Å². The molecule has 4 bridgehead atoms. The highest BCUT2D eigenvalue weighted by atomic mass is 15.3. The largest absolute Gasteiger partial charge is 0.357 e. The lowest BCUT2D eigenvalue weighted by Gasteiger charge is -2.56. The zero-order chi connectivity index (χ0) is 12.3. The second-order valence-corrected chi connectivity index (χ2v) is 6.85. The molecule has 0 unspecified atom stereocenters. The number of nitrogens with one attached hydrogen (secondary N) is 1. The molecule has 0 aromatic carbocycles. The molecule has 1 aromatic heterocycles. The van der Waals surface area contributed by atoms with Crippen LogP contribution in [-0.2, 0) is 12.5 Å². The third kappa shape index (κ3) is 1.32. The summed E-state index contributed by atoms with van der Waals surface area (Å²) < 4.78 is 2.19. The minimum atomic E-state index is 0.353. The Kier molecular flexibility index (Phi) is 2.10. The van der Waals surface area contributed by atoms with E-state index in [2.05, 4.69) is 27.1 Å².